The van der Waals surface area contributed by atoms with Gasteiger partial charge in [-0.25, -0.2) is 9.37 Å². The summed E-state index contributed by atoms with van der Waals surface area (Å²) < 4.78 is 14.7. The van der Waals surface area contributed by atoms with E-state index in [-0.39, 0.29) is 11.6 Å². The molecule has 0 aliphatic heterocycles. The van der Waals surface area contributed by atoms with E-state index in [9.17, 15) is 9.18 Å². The van der Waals surface area contributed by atoms with Crippen LogP contribution in [0.4, 0.5) is 4.39 Å². The molecule has 0 spiro atoms. The van der Waals surface area contributed by atoms with Gasteiger partial charge in [0.05, 0.1) is 13.1 Å². The van der Waals surface area contributed by atoms with Gasteiger partial charge in [0.1, 0.15) is 11.6 Å². The number of aryl methyl sites for hydroxylation is 1. The third-order valence-corrected chi connectivity index (χ3v) is 3.09. The molecule has 1 aromatic heterocycles. The number of hydrogen-bond donors (Lipinski definition) is 0. The summed E-state index contributed by atoms with van der Waals surface area (Å²) in [6.07, 6.45) is 3.94. The van der Waals surface area contributed by atoms with Gasteiger partial charge in [-0.2, -0.15) is 0 Å². The lowest BCUT2D eigenvalue weighted by atomic mass is 10.1. The van der Waals surface area contributed by atoms with Crippen LogP contribution < -0.4 is 0 Å². The molecular formula is C15H18FN3O. The van der Waals surface area contributed by atoms with Gasteiger partial charge in [-0.3, -0.25) is 9.69 Å². The number of rotatable bonds is 6. The molecule has 0 unspecified atom stereocenters. The van der Waals surface area contributed by atoms with Crippen molar-refractivity contribution < 1.29 is 9.18 Å². The van der Waals surface area contributed by atoms with E-state index in [0.717, 1.165) is 11.4 Å². The van der Waals surface area contributed by atoms with E-state index in [4.69, 9.17) is 0 Å². The number of hydrogen-bond acceptors (Lipinski definition) is 3. The first-order valence-corrected chi connectivity index (χ1v) is 6.45. The Morgan fingerprint density at radius 1 is 1.35 bits per heavy atom. The Hall–Kier alpha value is -2.01. The van der Waals surface area contributed by atoms with Crippen LogP contribution in [0.1, 0.15) is 11.4 Å². The summed E-state index contributed by atoms with van der Waals surface area (Å²) in [5.74, 6) is 0.739. The number of aromatic nitrogens is 2. The van der Waals surface area contributed by atoms with E-state index in [1.165, 1.54) is 12.1 Å². The Kier molecular flexibility index (Phi) is 4.63. The van der Waals surface area contributed by atoms with Crippen LogP contribution in [0.15, 0.2) is 36.7 Å². The van der Waals surface area contributed by atoms with Crippen LogP contribution in [0.25, 0.3) is 0 Å². The van der Waals surface area contributed by atoms with Crippen molar-refractivity contribution in [1.82, 2.24) is 14.5 Å². The molecule has 2 rings (SSSR count). The highest BCUT2D eigenvalue weighted by Gasteiger charge is 2.10. The molecule has 0 saturated heterocycles. The van der Waals surface area contributed by atoms with E-state index in [1.807, 2.05) is 29.8 Å². The third-order valence-electron chi connectivity index (χ3n) is 3.09. The van der Waals surface area contributed by atoms with Crippen molar-refractivity contribution in [2.75, 3.05) is 13.6 Å². The lowest BCUT2D eigenvalue weighted by Crippen LogP contribution is -2.27. The first-order chi connectivity index (χ1) is 9.54. The molecular weight excluding hydrogens is 257 g/mol. The fourth-order valence-electron chi connectivity index (χ4n) is 2.03. The van der Waals surface area contributed by atoms with Crippen molar-refractivity contribution in [3.63, 3.8) is 0 Å². The molecule has 0 atom stereocenters. The van der Waals surface area contributed by atoms with Gasteiger partial charge < -0.3 is 4.57 Å². The molecule has 106 valence electrons. The maximum Gasteiger partial charge on any atom is 0.151 e. The van der Waals surface area contributed by atoms with E-state index >= 15 is 0 Å². The molecule has 2 aromatic rings. The Morgan fingerprint density at radius 2 is 2.05 bits per heavy atom. The second-order valence-electron chi connectivity index (χ2n) is 4.97. The minimum Gasteiger partial charge on any atom is -0.337 e. The van der Waals surface area contributed by atoms with Crippen LogP contribution >= 0.6 is 0 Å². The molecule has 4 nitrogen and oxygen atoms in total. The minimum absolute atomic E-state index is 0.105. The minimum atomic E-state index is -0.284. The van der Waals surface area contributed by atoms with Crippen LogP contribution in [0.5, 0.6) is 0 Å². The van der Waals surface area contributed by atoms with Crippen LogP contribution in [0.2, 0.25) is 0 Å². The zero-order chi connectivity index (χ0) is 14.5. The molecule has 0 bridgehead atoms. The second-order valence-corrected chi connectivity index (χ2v) is 4.97. The second kappa shape index (κ2) is 6.43. The van der Waals surface area contributed by atoms with E-state index in [1.54, 1.807) is 18.3 Å². The van der Waals surface area contributed by atoms with Gasteiger partial charge >= 0.3 is 0 Å². The van der Waals surface area contributed by atoms with Crippen LogP contribution in [-0.4, -0.2) is 33.8 Å². The number of likely N-dealkylation sites (N-methyl/N-ethyl adjacent to an activating group) is 1. The van der Waals surface area contributed by atoms with Crippen molar-refractivity contribution in [3.05, 3.63) is 53.9 Å². The Bertz CT molecular complexity index is 577. The highest BCUT2D eigenvalue weighted by atomic mass is 19.1. The van der Waals surface area contributed by atoms with E-state index in [0.29, 0.717) is 19.5 Å². The number of halogens is 1. The smallest absolute Gasteiger partial charge is 0.151 e. The molecule has 0 N–H and O–H groups in total. The van der Waals surface area contributed by atoms with Gasteiger partial charge in [-0.05, 0) is 24.7 Å². The van der Waals surface area contributed by atoms with Crippen LogP contribution in [0, 0.1) is 5.82 Å². The molecule has 1 aromatic carbocycles. The lowest BCUT2D eigenvalue weighted by molar-refractivity contribution is -0.119. The van der Waals surface area contributed by atoms with Crippen molar-refractivity contribution in [2.45, 2.75) is 13.0 Å². The monoisotopic (exact) mass is 275 g/mol. The largest absolute Gasteiger partial charge is 0.337 e. The number of Topliss-reactive ketones (excluding diaryl/α,β-unsaturated/α-hetero) is 1. The summed E-state index contributed by atoms with van der Waals surface area (Å²) in [5, 5.41) is 0. The molecule has 0 aliphatic rings. The van der Waals surface area contributed by atoms with Gasteiger partial charge in [0.25, 0.3) is 0 Å². The van der Waals surface area contributed by atoms with Gasteiger partial charge in [-0.1, -0.05) is 12.1 Å². The molecule has 0 radical (unpaired) electrons. The fourth-order valence-corrected chi connectivity index (χ4v) is 2.03. The number of imidazole rings is 1. The van der Waals surface area contributed by atoms with Crippen LogP contribution in [-0.2, 0) is 24.8 Å². The Morgan fingerprint density at radius 3 is 2.65 bits per heavy atom. The van der Waals surface area contributed by atoms with Crippen molar-refractivity contribution >= 4 is 5.78 Å². The number of nitrogens with zero attached hydrogens (tertiary/aromatic N) is 3. The zero-order valence-corrected chi connectivity index (χ0v) is 11.7. The van der Waals surface area contributed by atoms with Crippen LogP contribution in [0.3, 0.4) is 0 Å². The normalized spacial score (nSPS) is 11.0. The van der Waals surface area contributed by atoms with Gasteiger partial charge in [-0.15, -0.1) is 0 Å². The summed E-state index contributed by atoms with van der Waals surface area (Å²) in [6.45, 7) is 0.975. The summed E-state index contributed by atoms with van der Waals surface area (Å²) >= 11 is 0. The molecule has 0 fully saturated rings. The molecule has 20 heavy (non-hydrogen) atoms. The number of ketones is 1. The standard InChI is InChI=1S/C15H18FN3O/c1-18(11-15-17-7-8-19(15)2)10-14(20)9-12-3-5-13(16)6-4-12/h3-8H,9-11H2,1-2H3. The van der Waals surface area contributed by atoms with Gasteiger partial charge in [0, 0.05) is 25.9 Å². The van der Waals surface area contributed by atoms with Gasteiger partial charge in [0.15, 0.2) is 5.78 Å². The van der Waals surface area contributed by atoms with E-state index < -0.39 is 0 Å². The molecule has 5 heteroatoms. The first kappa shape index (κ1) is 14.4. The van der Waals surface area contributed by atoms with Crippen molar-refractivity contribution in [3.8, 4) is 0 Å². The average Bonchev–Trinajstić information content (AvgIpc) is 2.77. The fraction of sp³-hybridized carbons (Fsp3) is 0.333. The molecule has 1 heterocycles. The average molecular weight is 275 g/mol. The summed E-state index contributed by atoms with van der Waals surface area (Å²) in [5.41, 5.74) is 0.835. The lowest BCUT2D eigenvalue weighted by Gasteiger charge is -2.15. The molecule has 0 saturated carbocycles. The van der Waals surface area contributed by atoms with Crippen molar-refractivity contribution in [1.29, 1.82) is 0 Å². The summed E-state index contributed by atoms with van der Waals surface area (Å²) in [4.78, 5) is 18.1. The maximum atomic E-state index is 12.8. The SMILES string of the molecule is CN(CC(=O)Cc1ccc(F)cc1)Cc1nccn1C. The zero-order valence-electron chi connectivity index (χ0n) is 11.7. The molecule has 0 amide bonds. The summed E-state index contributed by atoms with van der Waals surface area (Å²) in [6, 6.07) is 6.04. The Labute approximate surface area is 117 Å². The number of carbonyl (C=O) groups is 1. The summed E-state index contributed by atoms with van der Waals surface area (Å²) in [7, 11) is 3.81. The quantitative estimate of drug-likeness (QED) is 0.807. The Balaban J connectivity index is 1.85. The highest BCUT2D eigenvalue weighted by molar-refractivity contribution is 5.82. The van der Waals surface area contributed by atoms with Crippen molar-refractivity contribution in [2.24, 2.45) is 7.05 Å². The predicted octanol–water partition coefficient (Wildman–Crippen LogP) is 1.80. The molecule has 0 aliphatic carbocycles. The third kappa shape index (κ3) is 3.99. The highest BCUT2D eigenvalue weighted by Crippen LogP contribution is 2.05. The number of benzene rings is 1. The first-order valence-electron chi connectivity index (χ1n) is 6.45. The van der Waals surface area contributed by atoms with E-state index in [2.05, 4.69) is 4.98 Å². The number of carbonyl (C=O) groups excluding carboxylic acids is 1. The topological polar surface area (TPSA) is 38.1 Å². The maximum absolute atomic E-state index is 12.8. The van der Waals surface area contributed by atoms with Gasteiger partial charge in [0.2, 0.25) is 0 Å². The predicted molar refractivity (Wildman–Crippen MR) is 74.7 cm³/mol.